The SMILES string of the molecule is CCCc1cc(Cl)n2nc(-c3ccc(F)cc3)cc2n1. The molecule has 0 bridgehead atoms. The second-order valence-electron chi connectivity index (χ2n) is 4.63. The van der Waals surface area contributed by atoms with Crippen molar-refractivity contribution >= 4 is 17.2 Å². The standard InChI is InChI=1S/C15H13ClFN3/c1-2-3-12-8-14(16)20-15(18-12)9-13(19-20)10-4-6-11(17)7-5-10/h4-9H,2-3H2,1H3. The molecular formula is C15H13ClFN3. The smallest absolute Gasteiger partial charge is 0.157 e. The van der Waals surface area contributed by atoms with Crippen molar-refractivity contribution in [1.29, 1.82) is 0 Å². The van der Waals surface area contributed by atoms with Crippen LogP contribution in [0, 0.1) is 5.82 Å². The quantitative estimate of drug-likeness (QED) is 0.678. The lowest BCUT2D eigenvalue weighted by Gasteiger charge is -2.01. The van der Waals surface area contributed by atoms with Gasteiger partial charge >= 0.3 is 0 Å². The van der Waals surface area contributed by atoms with Crippen LogP contribution < -0.4 is 0 Å². The summed E-state index contributed by atoms with van der Waals surface area (Å²) in [7, 11) is 0. The van der Waals surface area contributed by atoms with E-state index in [1.54, 1.807) is 16.6 Å². The van der Waals surface area contributed by atoms with E-state index in [0.717, 1.165) is 29.8 Å². The van der Waals surface area contributed by atoms with Crippen molar-refractivity contribution in [3.8, 4) is 11.3 Å². The van der Waals surface area contributed by atoms with Crippen LogP contribution in [-0.2, 0) is 6.42 Å². The van der Waals surface area contributed by atoms with Crippen LogP contribution >= 0.6 is 11.6 Å². The van der Waals surface area contributed by atoms with Crippen LogP contribution in [-0.4, -0.2) is 14.6 Å². The fraction of sp³-hybridized carbons (Fsp3) is 0.200. The van der Waals surface area contributed by atoms with Crippen LogP contribution in [0.3, 0.4) is 0 Å². The van der Waals surface area contributed by atoms with Crippen molar-refractivity contribution in [2.75, 3.05) is 0 Å². The summed E-state index contributed by atoms with van der Waals surface area (Å²) in [5, 5.41) is 4.95. The molecule has 3 nitrogen and oxygen atoms in total. The molecule has 0 radical (unpaired) electrons. The lowest BCUT2D eigenvalue weighted by atomic mass is 10.1. The Labute approximate surface area is 121 Å². The summed E-state index contributed by atoms with van der Waals surface area (Å²) < 4.78 is 14.5. The van der Waals surface area contributed by atoms with Gasteiger partial charge in [0.1, 0.15) is 11.0 Å². The van der Waals surface area contributed by atoms with Crippen molar-refractivity contribution in [2.45, 2.75) is 19.8 Å². The molecule has 0 saturated heterocycles. The van der Waals surface area contributed by atoms with Gasteiger partial charge in [-0.3, -0.25) is 0 Å². The van der Waals surface area contributed by atoms with Crippen LogP contribution in [0.2, 0.25) is 5.15 Å². The van der Waals surface area contributed by atoms with Gasteiger partial charge in [0.2, 0.25) is 0 Å². The van der Waals surface area contributed by atoms with Crippen LogP contribution in [0.25, 0.3) is 16.9 Å². The third kappa shape index (κ3) is 2.39. The molecule has 1 aromatic carbocycles. The number of benzene rings is 1. The number of hydrogen-bond donors (Lipinski definition) is 0. The topological polar surface area (TPSA) is 30.2 Å². The highest BCUT2D eigenvalue weighted by molar-refractivity contribution is 6.29. The van der Waals surface area contributed by atoms with Gasteiger partial charge in [0, 0.05) is 17.3 Å². The predicted octanol–water partition coefficient (Wildman–Crippen LogP) is 4.14. The summed E-state index contributed by atoms with van der Waals surface area (Å²) in [6.07, 6.45) is 1.89. The average molecular weight is 290 g/mol. The summed E-state index contributed by atoms with van der Waals surface area (Å²) in [6.45, 7) is 2.10. The summed E-state index contributed by atoms with van der Waals surface area (Å²) >= 11 is 6.22. The van der Waals surface area contributed by atoms with E-state index in [9.17, 15) is 4.39 Å². The second kappa shape index (κ2) is 5.21. The van der Waals surface area contributed by atoms with E-state index in [0.29, 0.717) is 10.8 Å². The number of aromatic nitrogens is 3. The molecule has 0 aliphatic carbocycles. The molecule has 102 valence electrons. The molecule has 0 saturated carbocycles. The third-order valence-electron chi connectivity index (χ3n) is 3.08. The fourth-order valence-corrected chi connectivity index (χ4v) is 2.38. The Balaban J connectivity index is 2.10. The number of halogens is 2. The molecule has 0 amide bonds. The van der Waals surface area contributed by atoms with Gasteiger partial charge < -0.3 is 0 Å². The van der Waals surface area contributed by atoms with E-state index in [1.807, 2.05) is 12.1 Å². The number of fused-ring (bicyclic) bond motifs is 1. The predicted molar refractivity (Wildman–Crippen MR) is 77.4 cm³/mol. The van der Waals surface area contributed by atoms with Gasteiger partial charge in [-0.15, -0.1) is 0 Å². The van der Waals surface area contributed by atoms with E-state index in [2.05, 4.69) is 17.0 Å². The average Bonchev–Trinajstić information content (AvgIpc) is 2.84. The Morgan fingerprint density at radius 3 is 2.65 bits per heavy atom. The largest absolute Gasteiger partial charge is 0.233 e. The Kier molecular flexibility index (Phi) is 3.40. The zero-order valence-electron chi connectivity index (χ0n) is 11.0. The molecule has 20 heavy (non-hydrogen) atoms. The molecule has 2 heterocycles. The summed E-state index contributed by atoms with van der Waals surface area (Å²) in [4.78, 5) is 4.53. The van der Waals surface area contributed by atoms with Crippen molar-refractivity contribution < 1.29 is 4.39 Å². The Morgan fingerprint density at radius 1 is 1.20 bits per heavy atom. The minimum Gasteiger partial charge on any atom is -0.233 e. The van der Waals surface area contributed by atoms with Crippen LogP contribution in [0.5, 0.6) is 0 Å². The van der Waals surface area contributed by atoms with Crippen molar-refractivity contribution in [3.05, 3.63) is 53.1 Å². The summed E-state index contributed by atoms with van der Waals surface area (Å²) in [5.74, 6) is -0.265. The number of hydrogen-bond acceptors (Lipinski definition) is 2. The molecule has 3 aromatic rings. The Hall–Kier alpha value is -1.94. The first kappa shape index (κ1) is 13.1. The van der Waals surface area contributed by atoms with E-state index in [4.69, 9.17) is 11.6 Å². The Morgan fingerprint density at radius 2 is 1.95 bits per heavy atom. The van der Waals surface area contributed by atoms with Crippen molar-refractivity contribution in [1.82, 2.24) is 14.6 Å². The van der Waals surface area contributed by atoms with Crippen molar-refractivity contribution in [3.63, 3.8) is 0 Å². The van der Waals surface area contributed by atoms with E-state index < -0.39 is 0 Å². The molecule has 0 aliphatic heterocycles. The maximum absolute atomic E-state index is 12.9. The third-order valence-corrected chi connectivity index (χ3v) is 3.35. The van der Waals surface area contributed by atoms with E-state index >= 15 is 0 Å². The highest BCUT2D eigenvalue weighted by atomic mass is 35.5. The molecule has 3 rings (SSSR count). The van der Waals surface area contributed by atoms with E-state index in [-0.39, 0.29) is 5.82 Å². The molecule has 0 spiro atoms. The number of rotatable bonds is 3. The van der Waals surface area contributed by atoms with Gasteiger partial charge in [0.25, 0.3) is 0 Å². The number of nitrogens with zero attached hydrogens (tertiary/aromatic N) is 3. The van der Waals surface area contributed by atoms with Gasteiger partial charge in [0.15, 0.2) is 5.65 Å². The molecule has 0 atom stereocenters. The molecule has 0 N–H and O–H groups in total. The molecule has 2 aromatic heterocycles. The van der Waals surface area contributed by atoms with Gasteiger partial charge in [0.05, 0.1) is 5.69 Å². The van der Waals surface area contributed by atoms with Gasteiger partial charge in [-0.1, -0.05) is 24.9 Å². The lowest BCUT2D eigenvalue weighted by molar-refractivity contribution is 0.628. The summed E-state index contributed by atoms with van der Waals surface area (Å²) in [6, 6.07) is 9.90. The van der Waals surface area contributed by atoms with Gasteiger partial charge in [-0.2, -0.15) is 5.10 Å². The maximum Gasteiger partial charge on any atom is 0.157 e. The highest BCUT2D eigenvalue weighted by Gasteiger charge is 2.09. The molecule has 5 heteroatoms. The minimum absolute atomic E-state index is 0.265. The monoisotopic (exact) mass is 289 g/mol. The molecule has 0 fully saturated rings. The first-order chi connectivity index (χ1) is 9.67. The number of aryl methyl sites for hydroxylation is 1. The van der Waals surface area contributed by atoms with Crippen LogP contribution in [0.15, 0.2) is 36.4 Å². The minimum atomic E-state index is -0.265. The van der Waals surface area contributed by atoms with Gasteiger partial charge in [-0.05, 0) is 36.8 Å². The Bertz CT molecular complexity index is 750. The molecule has 0 unspecified atom stereocenters. The first-order valence-corrected chi connectivity index (χ1v) is 6.86. The zero-order valence-corrected chi connectivity index (χ0v) is 11.7. The molecule has 0 aliphatic rings. The van der Waals surface area contributed by atoms with Crippen molar-refractivity contribution in [2.24, 2.45) is 0 Å². The van der Waals surface area contributed by atoms with Gasteiger partial charge in [-0.25, -0.2) is 13.9 Å². The molecular weight excluding hydrogens is 277 g/mol. The summed E-state index contributed by atoms with van der Waals surface area (Å²) in [5.41, 5.74) is 3.23. The van der Waals surface area contributed by atoms with Crippen LogP contribution in [0.1, 0.15) is 19.0 Å². The maximum atomic E-state index is 12.9. The normalized spacial score (nSPS) is 11.2. The fourth-order valence-electron chi connectivity index (χ4n) is 2.13. The second-order valence-corrected chi connectivity index (χ2v) is 5.01. The first-order valence-electron chi connectivity index (χ1n) is 6.48. The van der Waals surface area contributed by atoms with Crippen LogP contribution in [0.4, 0.5) is 4.39 Å². The van der Waals surface area contributed by atoms with E-state index in [1.165, 1.54) is 12.1 Å². The highest BCUT2D eigenvalue weighted by Crippen LogP contribution is 2.22. The lowest BCUT2D eigenvalue weighted by Crippen LogP contribution is -1.97. The zero-order chi connectivity index (χ0) is 14.1.